The Morgan fingerprint density at radius 3 is 2.56 bits per heavy atom. The van der Waals surface area contributed by atoms with Gasteiger partial charge in [-0.2, -0.15) is 0 Å². The molecule has 25 heavy (non-hydrogen) atoms. The number of nitrogens with two attached hydrogens (primary N) is 1. The largest absolute Gasteiger partial charge is 0.480 e. The fraction of sp³-hybridized carbons (Fsp3) is 0.944. The lowest BCUT2D eigenvalue weighted by atomic mass is 9.66. The topological polar surface area (TPSA) is 107 Å². The molecule has 144 valence electrons. The van der Waals surface area contributed by atoms with Crippen LogP contribution >= 0.6 is 0 Å². The van der Waals surface area contributed by atoms with Gasteiger partial charge in [0.15, 0.2) is 0 Å². The molecule has 0 radical (unpaired) electrons. The SMILES string of the molecule is CCCC1CCC(C)N1C[C@@H]1CC[C@@H](CCB(O)O)C[C@]1(N)C(=O)O. The predicted molar refractivity (Wildman–Crippen MR) is 99.1 cm³/mol. The van der Waals surface area contributed by atoms with E-state index in [0.717, 1.165) is 25.8 Å². The molecule has 2 fully saturated rings. The van der Waals surface area contributed by atoms with Crippen LogP contribution in [-0.4, -0.2) is 57.3 Å². The maximum atomic E-state index is 12.0. The molecule has 0 aromatic rings. The molecule has 2 unspecified atom stereocenters. The molecule has 1 saturated carbocycles. The highest BCUT2D eigenvalue weighted by Gasteiger charge is 2.48. The number of hydrogen-bond acceptors (Lipinski definition) is 5. The van der Waals surface area contributed by atoms with Crippen LogP contribution in [-0.2, 0) is 4.79 Å². The number of nitrogens with zero attached hydrogens (tertiary/aromatic N) is 1. The Balaban J connectivity index is 2.05. The molecule has 0 bridgehead atoms. The minimum absolute atomic E-state index is 0.0415. The minimum Gasteiger partial charge on any atom is -0.480 e. The quantitative estimate of drug-likeness (QED) is 0.494. The van der Waals surface area contributed by atoms with Crippen molar-refractivity contribution in [2.45, 2.75) is 89.2 Å². The molecule has 1 aliphatic carbocycles. The van der Waals surface area contributed by atoms with Gasteiger partial charge in [-0.25, -0.2) is 0 Å². The van der Waals surface area contributed by atoms with E-state index in [1.807, 2.05) is 0 Å². The summed E-state index contributed by atoms with van der Waals surface area (Å²) in [4.78, 5) is 14.5. The van der Waals surface area contributed by atoms with E-state index in [2.05, 4.69) is 18.7 Å². The van der Waals surface area contributed by atoms with Crippen LogP contribution in [0.4, 0.5) is 0 Å². The Morgan fingerprint density at radius 2 is 1.96 bits per heavy atom. The highest BCUT2D eigenvalue weighted by atomic mass is 16.4. The van der Waals surface area contributed by atoms with E-state index in [-0.39, 0.29) is 18.2 Å². The van der Waals surface area contributed by atoms with Crippen LogP contribution in [0.3, 0.4) is 0 Å². The van der Waals surface area contributed by atoms with Crippen LogP contribution in [0.15, 0.2) is 0 Å². The van der Waals surface area contributed by atoms with Gasteiger partial charge in [0.05, 0.1) is 0 Å². The van der Waals surface area contributed by atoms with Gasteiger partial charge in [-0.05, 0) is 57.7 Å². The van der Waals surface area contributed by atoms with E-state index in [1.165, 1.54) is 19.3 Å². The first-order chi connectivity index (χ1) is 11.8. The first-order valence-electron chi connectivity index (χ1n) is 9.92. The van der Waals surface area contributed by atoms with E-state index in [1.54, 1.807) is 0 Å². The van der Waals surface area contributed by atoms with Gasteiger partial charge in [0, 0.05) is 24.5 Å². The number of carbonyl (C=O) groups is 1. The average molecular weight is 354 g/mol. The number of hydrogen-bond donors (Lipinski definition) is 4. The number of aliphatic carboxylic acids is 1. The third-order valence-corrected chi connectivity index (χ3v) is 6.52. The molecule has 5 atom stereocenters. The molecule has 0 amide bonds. The molecule has 1 aliphatic heterocycles. The predicted octanol–water partition coefficient (Wildman–Crippen LogP) is 1.70. The molecule has 0 aromatic carbocycles. The number of rotatable bonds is 8. The first-order valence-corrected chi connectivity index (χ1v) is 9.92. The third-order valence-electron chi connectivity index (χ3n) is 6.52. The van der Waals surface area contributed by atoms with Crippen LogP contribution in [0, 0.1) is 11.8 Å². The van der Waals surface area contributed by atoms with Gasteiger partial charge in [0.25, 0.3) is 0 Å². The molecular formula is C18H35BN2O4. The summed E-state index contributed by atoms with van der Waals surface area (Å²) >= 11 is 0. The van der Waals surface area contributed by atoms with Crippen molar-refractivity contribution in [1.29, 1.82) is 0 Å². The van der Waals surface area contributed by atoms with Crippen molar-refractivity contribution < 1.29 is 19.9 Å². The summed E-state index contributed by atoms with van der Waals surface area (Å²) in [5, 5.41) is 28.0. The second-order valence-electron chi connectivity index (χ2n) is 8.31. The lowest BCUT2D eigenvalue weighted by Crippen LogP contribution is -2.60. The van der Waals surface area contributed by atoms with Crippen LogP contribution in [0.5, 0.6) is 0 Å². The van der Waals surface area contributed by atoms with Gasteiger partial charge in [0.2, 0.25) is 0 Å². The maximum absolute atomic E-state index is 12.0. The van der Waals surface area contributed by atoms with E-state index in [0.29, 0.717) is 24.9 Å². The van der Waals surface area contributed by atoms with Crippen LogP contribution in [0.1, 0.15) is 65.2 Å². The maximum Gasteiger partial charge on any atom is 0.451 e. The van der Waals surface area contributed by atoms with E-state index < -0.39 is 18.6 Å². The zero-order chi connectivity index (χ0) is 18.6. The second-order valence-corrected chi connectivity index (χ2v) is 8.31. The number of likely N-dealkylation sites (tertiary alicyclic amines) is 1. The van der Waals surface area contributed by atoms with Gasteiger partial charge in [-0.1, -0.05) is 19.8 Å². The van der Waals surface area contributed by atoms with E-state index in [4.69, 9.17) is 15.8 Å². The van der Waals surface area contributed by atoms with Crippen molar-refractivity contribution >= 4 is 13.1 Å². The zero-order valence-corrected chi connectivity index (χ0v) is 15.7. The van der Waals surface area contributed by atoms with Gasteiger partial charge < -0.3 is 20.9 Å². The van der Waals surface area contributed by atoms with Crippen molar-refractivity contribution in [3.63, 3.8) is 0 Å². The highest BCUT2D eigenvalue weighted by Crippen LogP contribution is 2.40. The Labute approximate surface area is 151 Å². The Kier molecular flexibility index (Phi) is 7.32. The number of carboxylic acids is 1. The molecule has 6 nitrogen and oxygen atoms in total. The summed E-state index contributed by atoms with van der Waals surface area (Å²) in [5.74, 6) is -0.799. The minimum atomic E-state index is -1.32. The fourth-order valence-corrected chi connectivity index (χ4v) is 4.94. The van der Waals surface area contributed by atoms with E-state index >= 15 is 0 Å². The summed E-state index contributed by atoms with van der Waals surface area (Å²) in [5.41, 5.74) is 5.23. The molecule has 0 aromatic heterocycles. The van der Waals surface area contributed by atoms with Crippen molar-refractivity contribution in [2.75, 3.05) is 6.54 Å². The molecule has 0 spiro atoms. The van der Waals surface area contributed by atoms with Crippen molar-refractivity contribution in [1.82, 2.24) is 4.90 Å². The first kappa shape index (κ1) is 20.7. The zero-order valence-electron chi connectivity index (χ0n) is 15.7. The van der Waals surface area contributed by atoms with Gasteiger partial charge >= 0.3 is 13.1 Å². The molecule has 7 heteroatoms. The van der Waals surface area contributed by atoms with E-state index in [9.17, 15) is 9.90 Å². The molecule has 2 aliphatic rings. The molecule has 1 heterocycles. The lowest BCUT2D eigenvalue weighted by molar-refractivity contribution is -0.148. The van der Waals surface area contributed by atoms with Crippen LogP contribution in [0.2, 0.25) is 6.32 Å². The van der Waals surface area contributed by atoms with Gasteiger partial charge in [0.1, 0.15) is 5.54 Å². The summed E-state index contributed by atoms with van der Waals surface area (Å²) < 4.78 is 0. The second kappa shape index (κ2) is 8.84. The van der Waals surface area contributed by atoms with Crippen molar-refractivity contribution in [3.8, 4) is 0 Å². The fourth-order valence-electron chi connectivity index (χ4n) is 4.94. The summed E-state index contributed by atoms with van der Waals surface area (Å²) in [7, 11) is -1.32. The van der Waals surface area contributed by atoms with Gasteiger partial charge in [-0.15, -0.1) is 0 Å². The number of carboxylic acid groups (broad SMARTS) is 1. The lowest BCUT2D eigenvalue weighted by Gasteiger charge is -2.44. The monoisotopic (exact) mass is 354 g/mol. The smallest absolute Gasteiger partial charge is 0.451 e. The summed E-state index contributed by atoms with van der Waals surface area (Å²) in [6, 6.07) is 1.05. The summed E-state index contributed by atoms with van der Waals surface area (Å²) in [6.45, 7) is 5.21. The Morgan fingerprint density at radius 1 is 1.24 bits per heavy atom. The normalized spacial score (nSPS) is 36.5. The Bertz CT molecular complexity index is 449. The van der Waals surface area contributed by atoms with Crippen LogP contribution < -0.4 is 5.73 Å². The summed E-state index contributed by atoms with van der Waals surface area (Å²) in [6.07, 6.45) is 7.75. The van der Waals surface area contributed by atoms with Crippen molar-refractivity contribution in [3.05, 3.63) is 0 Å². The molecular weight excluding hydrogens is 319 g/mol. The average Bonchev–Trinajstić information content (AvgIpc) is 2.88. The molecule has 1 saturated heterocycles. The van der Waals surface area contributed by atoms with Crippen molar-refractivity contribution in [2.24, 2.45) is 17.6 Å². The van der Waals surface area contributed by atoms with Crippen LogP contribution in [0.25, 0.3) is 0 Å². The Hall–Kier alpha value is -0.625. The molecule has 5 N–H and O–H groups in total. The molecule has 2 rings (SSSR count). The standard InChI is InChI=1S/C18H35BN2O4/c1-3-4-16-8-5-13(2)21(16)12-15-7-6-14(9-10-19(24)25)11-18(15,20)17(22)23/h13-16,24-25H,3-12,20H2,1-2H3,(H,22,23)/t13?,14-,15-,16?,18+/m0/s1. The highest BCUT2D eigenvalue weighted by molar-refractivity contribution is 6.40. The van der Waals surface area contributed by atoms with Gasteiger partial charge in [-0.3, -0.25) is 9.69 Å². The third kappa shape index (κ3) is 4.97.